The van der Waals surface area contributed by atoms with Crippen LogP contribution in [0.1, 0.15) is 37.8 Å². The maximum absolute atomic E-state index is 11.3. The number of ether oxygens (including phenoxy) is 1. The fraction of sp³-hybridized carbons (Fsp3) is 0.500. The van der Waals surface area contributed by atoms with Crippen LogP contribution >= 0.6 is 0 Å². The van der Waals surface area contributed by atoms with Crippen LogP contribution in [0, 0.1) is 11.3 Å². The van der Waals surface area contributed by atoms with Crippen molar-refractivity contribution >= 4 is 5.78 Å². The van der Waals surface area contributed by atoms with E-state index in [1.165, 1.54) is 0 Å². The highest BCUT2D eigenvalue weighted by Gasteiger charge is 2.24. The SMILES string of the molecule is CCCOc1ccc(C(C#N)N2CCC(=O)CC2)cc1. The summed E-state index contributed by atoms with van der Waals surface area (Å²) >= 11 is 0. The van der Waals surface area contributed by atoms with Crippen molar-refractivity contribution in [2.45, 2.75) is 32.2 Å². The van der Waals surface area contributed by atoms with Gasteiger partial charge in [0.1, 0.15) is 17.6 Å². The van der Waals surface area contributed by atoms with Gasteiger partial charge in [-0.1, -0.05) is 19.1 Å². The third kappa shape index (κ3) is 3.58. The number of likely N-dealkylation sites (tertiary alicyclic amines) is 1. The summed E-state index contributed by atoms with van der Waals surface area (Å²) in [5, 5.41) is 9.40. The number of rotatable bonds is 5. The zero-order chi connectivity index (χ0) is 14.4. The topological polar surface area (TPSA) is 53.3 Å². The molecule has 0 saturated carbocycles. The summed E-state index contributed by atoms with van der Waals surface area (Å²) in [6, 6.07) is 9.76. The summed E-state index contributed by atoms with van der Waals surface area (Å²) in [7, 11) is 0. The molecule has 1 aliphatic heterocycles. The number of piperidine rings is 1. The van der Waals surface area contributed by atoms with E-state index < -0.39 is 0 Å². The van der Waals surface area contributed by atoms with E-state index >= 15 is 0 Å². The van der Waals surface area contributed by atoms with E-state index in [4.69, 9.17) is 4.74 Å². The summed E-state index contributed by atoms with van der Waals surface area (Å²) < 4.78 is 5.54. The molecule has 0 amide bonds. The molecule has 1 aromatic rings. The molecule has 106 valence electrons. The third-order valence-electron chi connectivity index (χ3n) is 3.51. The average Bonchev–Trinajstić information content (AvgIpc) is 2.49. The molecule has 2 rings (SSSR count). The first-order valence-electron chi connectivity index (χ1n) is 7.12. The molecule has 1 atom stereocenters. The third-order valence-corrected chi connectivity index (χ3v) is 3.51. The van der Waals surface area contributed by atoms with Crippen molar-refractivity contribution in [2.75, 3.05) is 19.7 Å². The molecule has 0 bridgehead atoms. The summed E-state index contributed by atoms with van der Waals surface area (Å²) in [6.07, 6.45) is 2.08. The number of hydrogen-bond donors (Lipinski definition) is 0. The fourth-order valence-corrected chi connectivity index (χ4v) is 2.36. The Balaban J connectivity index is 2.04. The molecule has 1 aromatic carbocycles. The van der Waals surface area contributed by atoms with Gasteiger partial charge in [0, 0.05) is 25.9 Å². The summed E-state index contributed by atoms with van der Waals surface area (Å²) in [6.45, 7) is 4.11. The van der Waals surface area contributed by atoms with E-state index in [1.54, 1.807) is 0 Å². The van der Waals surface area contributed by atoms with Crippen molar-refractivity contribution in [1.82, 2.24) is 4.90 Å². The van der Waals surface area contributed by atoms with E-state index in [-0.39, 0.29) is 6.04 Å². The lowest BCUT2D eigenvalue weighted by atomic mass is 10.0. The highest BCUT2D eigenvalue weighted by molar-refractivity contribution is 5.79. The van der Waals surface area contributed by atoms with Gasteiger partial charge in [0.25, 0.3) is 0 Å². The number of nitrogens with zero attached hydrogens (tertiary/aromatic N) is 2. The predicted molar refractivity (Wildman–Crippen MR) is 76.4 cm³/mol. The molecule has 0 aliphatic carbocycles. The predicted octanol–water partition coefficient (Wildman–Crippen LogP) is 2.70. The second-order valence-electron chi connectivity index (χ2n) is 5.02. The zero-order valence-corrected chi connectivity index (χ0v) is 11.8. The number of Topliss-reactive ketones (excluding diaryl/α,β-unsaturated/α-hetero) is 1. The first-order chi connectivity index (χ1) is 9.74. The number of ketones is 1. The van der Waals surface area contributed by atoms with Gasteiger partial charge < -0.3 is 4.74 Å². The maximum Gasteiger partial charge on any atom is 0.135 e. The Kier molecular flexibility index (Phi) is 5.14. The summed E-state index contributed by atoms with van der Waals surface area (Å²) in [5.74, 6) is 1.13. The van der Waals surface area contributed by atoms with Crippen LogP contribution in [0.3, 0.4) is 0 Å². The molecular formula is C16H20N2O2. The molecule has 0 N–H and O–H groups in total. The number of benzene rings is 1. The molecule has 1 unspecified atom stereocenters. The molecule has 4 nitrogen and oxygen atoms in total. The highest BCUT2D eigenvalue weighted by Crippen LogP contribution is 2.25. The Morgan fingerprint density at radius 1 is 1.30 bits per heavy atom. The second-order valence-corrected chi connectivity index (χ2v) is 5.02. The van der Waals surface area contributed by atoms with Gasteiger partial charge in [0.2, 0.25) is 0 Å². The lowest BCUT2D eigenvalue weighted by molar-refractivity contribution is -0.121. The Morgan fingerprint density at radius 3 is 2.50 bits per heavy atom. The minimum absolute atomic E-state index is 0.275. The molecule has 0 aromatic heterocycles. The number of hydrogen-bond acceptors (Lipinski definition) is 4. The van der Waals surface area contributed by atoms with E-state index in [2.05, 4.69) is 17.9 Å². The molecule has 1 aliphatic rings. The van der Waals surface area contributed by atoms with Gasteiger partial charge in [-0.3, -0.25) is 9.69 Å². The van der Waals surface area contributed by atoms with Crippen LogP contribution in [0.4, 0.5) is 0 Å². The molecule has 0 radical (unpaired) electrons. The number of carbonyl (C=O) groups excluding carboxylic acids is 1. The van der Waals surface area contributed by atoms with Crippen LogP contribution in [0.25, 0.3) is 0 Å². The molecule has 1 fully saturated rings. The second kappa shape index (κ2) is 7.06. The van der Waals surface area contributed by atoms with E-state index in [9.17, 15) is 10.1 Å². The molecule has 1 saturated heterocycles. The average molecular weight is 272 g/mol. The minimum atomic E-state index is -0.275. The van der Waals surface area contributed by atoms with Crippen molar-refractivity contribution in [1.29, 1.82) is 5.26 Å². The van der Waals surface area contributed by atoms with Crippen molar-refractivity contribution in [3.05, 3.63) is 29.8 Å². The Bertz CT molecular complexity index is 480. The van der Waals surface area contributed by atoms with Crippen LogP contribution in [0.15, 0.2) is 24.3 Å². The molecule has 1 heterocycles. The summed E-state index contributed by atoms with van der Waals surface area (Å²) in [4.78, 5) is 13.3. The molecule has 0 spiro atoms. The van der Waals surface area contributed by atoms with Crippen molar-refractivity contribution in [3.63, 3.8) is 0 Å². The van der Waals surface area contributed by atoms with E-state index in [1.807, 2.05) is 24.3 Å². The normalized spacial score (nSPS) is 17.5. The first kappa shape index (κ1) is 14.5. The molecule has 20 heavy (non-hydrogen) atoms. The van der Waals surface area contributed by atoms with Gasteiger partial charge in [-0.2, -0.15) is 5.26 Å². The van der Waals surface area contributed by atoms with E-state index in [0.717, 1.165) is 17.7 Å². The standard InChI is InChI=1S/C16H20N2O2/c1-2-11-20-15-5-3-13(4-6-15)16(12-17)18-9-7-14(19)8-10-18/h3-6,16H,2,7-11H2,1H3. The largest absolute Gasteiger partial charge is 0.494 e. The van der Waals surface area contributed by atoms with Gasteiger partial charge in [-0.05, 0) is 24.1 Å². The van der Waals surface area contributed by atoms with Crippen molar-refractivity contribution < 1.29 is 9.53 Å². The first-order valence-corrected chi connectivity index (χ1v) is 7.12. The fourth-order valence-electron chi connectivity index (χ4n) is 2.36. The van der Waals surface area contributed by atoms with Gasteiger partial charge in [0.05, 0.1) is 12.7 Å². The minimum Gasteiger partial charge on any atom is -0.494 e. The zero-order valence-electron chi connectivity index (χ0n) is 11.8. The van der Waals surface area contributed by atoms with Gasteiger partial charge in [-0.15, -0.1) is 0 Å². The smallest absolute Gasteiger partial charge is 0.135 e. The van der Waals surface area contributed by atoms with Gasteiger partial charge in [0.15, 0.2) is 0 Å². The quantitative estimate of drug-likeness (QED) is 0.827. The highest BCUT2D eigenvalue weighted by atomic mass is 16.5. The lowest BCUT2D eigenvalue weighted by Gasteiger charge is -2.30. The van der Waals surface area contributed by atoms with Crippen molar-refractivity contribution in [3.8, 4) is 11.8 Å². The van der Waals surface area contributed by atoms with Gasteiger partial charge in [-0.25, -0.2) is 0 Å². The summed E-state index contributed by atoms with van der Waals surface area (Å²) in [5.41, 5.74) is 0.964. The van der Waals surface area contributed by atoms with E-state index in [0.29, 0.717) is 38.3 Å². The van der Waals surface area contributed by atoms with Crippen LogP contribution in [0.2, 0.25) is 0 Å². The van der Waals surface area contributed by atoms with Crippen molar-refractivity contribution in [2.24, 2.45) is 0 Å². The monoisotopic (exact) mass is 272 g/mol. The van der Waals surface area contributed by atoms with Crippen LogP contribution in [-0.2, 0) is 4.79 Å². The van der Waals surface area contributed by atoms with Crippen LogP contribution in [0.5, 0.6) is 5.75 Å². The lowest BCUT2D eigenvalue weighted by Crippen LogP contribution is -2.36. The number of nitriles is 1. The number of carbonyl (C=O) groups is 1. The molecule has 4 heteroatoms. The van der Waals surface area contributed by atoms with Crippen LogP contribution in [-0.4, -0.2) is 30.4 Å². The van der Waals surface area contributed by atoms with Crippen LogP contribution < -0.4 is 4.74 Å². The Labute approximate surface area is 120 Å². The Morgan fingerprint density at radius 2 is 1.95 bits per heavy atom. The molecular weight excluding hydrogens is 252 g/mol. The van der Waals surface area contributed by atoms with Gasteiger partial charge >= 0.3 is 0 Å². The maximum atomic E-state index is 11.3. The Hall–Kier alpha value is -1.86.